The van der Waals surface area contributed by atoms with Crippen LogP contribution < -0.4 is 5.32 Å². The van der Waals surface area contributed by atoms with Gasteiger partial charge in [-0.2, -0.15) is 5.26 Å². The van der Waals surface area contributed by atoms with Crippen LogP contribution in [0.15, 0.2) is 57.0 Å². The van der Waals surface area contributed by atoms with Crippen LogP contribution in [0.1, 0.15) is 28.8 Å². The standard InChI is InChI=1S/C21H17N3O5/c1-3-27-21(26)15-6-4-5-14(10-15)18-8-7-17(28-18)11-16(12-22)20(25)23-19-9-13(2)29-24-19/h4-11H,3H2,1-2H3,(H,23,24,25)/b16-11-. The van der Waals surface area contributed by atoms with Gasteiger partial charge in [0.1, 0.15) is 28.9 Å². The predicted molar refractivity (Wildman–Crippen MR) is 104 cm³/mol. The third-order valence-corrected chi connectivity index (χ3v) is 3.81. The van der Waals surface area contributed by atoms with Crippen molar-refractivity contribution in [1.82, 2.24) is 5.16 Å². The van der Waals surface area contributed by atoms with Crippen molar-refractivity contribution < 1.29 is 23.3 Å². The first-order valence-corrected chi connectivity index (χ1v) is 8.74. The number of esters is 1. The van der Waals surface area contributed by atoms with Crippen molar-refractivity contribution in [2.45, 2.75) is 13.8 Å². The monoisotopic (exact) mass is 391 g/mol. The second kappa shape index (κ2) is 8.71. The minimum atomic E-state index is -0.636. The number of nitrogens with one attached hydrogen (secondary N) is 1. The molecule has 1 N–H and O–H groups in total. The van der Waals surface area contributed by atoms with Gasteiger partial charge >= 0.3 is 5.97 Å². The van der Waals surface area contributed by atoms with Crippen LogP contribution in [0.4, 0.5) is 5.82 Å². The summed E-state index contributed by atoms with van der Waals surface area (Å²) >= 11 is 0. The fourth-order valence-electron chi connectivity index (χ4n) is 2.50. The number of amides is 1. The summed E-state index contributed by atoms with van der Waals surface area (Å²) in [5.41, 5.74) is 0.904. The average Bonchev–Trinajstić information content (AvgIpc) is 3.35. The highest BCUT2D eigenvalue weighted by Gasteiger charge is 2.14. The van der Waals surface area contributed by atoms with E-state index in [2.05, 4.69) is 10.5 Å². The van der Waals surface area contributed by atoms with Crippen molar-refractivity contribution in [2.75, 3.05) is 11.9 Å². The lowest BCUT2D eigenvalue weighted by molar-refractivity contribution is -0.112. The van der Waals surface area contributed by atoms with E-state index in [1.54, 1.807) is 50.2 Å². The highest BCUT2D eigenvalue weighted by Crippen LogP contribution is 2.25. The number of carbonyl (C=O) groups excluding carboxylic acids is 2. The van der Waals surface area contributed by atoms with Gasteiger partial charge in [-0.05, 0) is 38.1 Å². The summed E-state index contributed by atoms with van der Waals surface area (Å²) in [4.78, 5) is 24.1. The van der Waals surface area contributed by atoms with E-state index in [0.717, 1.165) is 0 Å². The predicted octanol–water partition coefficient (Wildman–Crippen LogP) is 3.97. The number of ether oxygens (including phenoxy) is 1. The molecular weight excluding hydrogens is 374 g/mol. The van der Waals surface area contributed by atoms with Gasteiger partial charge in [-0.1, -0.05) is 17.3 Å². The van der Waals surface area contributed by atoms with Gasteiger partial charge < -0.3 is 19.0 Å². The number of nitrogens with zero attached hydrogens (tertiary/aromatic N) is 2. The number of furan rings is 1. The van der Waals surface area contributed by atoms with Gasteiger partial charge in [-0.25, -0.2) is 4.79 Å². The number of hydrogen-bond acceptors (Lipinski definition) is 7. The Balaban J connectivity index is 1.79. The molecule has 3 aromatic rings. The van der Waals surface area contributed by atoms with Crippen molar-refractivity contribution in [3.63, 3.8) is 0 Å². The molecular formula is C21H17N3O5. The zero-order valence-corrected chi connectivity index (χ0v) is 15.8. The van der Waals surface area contributed by atoms with Gasteiger partial charge in [0.2, 0.25) is 0 Å². The number of carbonyl (C=O) groups is 2. The van der Waals surface area contributed by atoms with Gasteiger partial charge in [-0.3, -0.25) is 4.79 Å². The third-order valence-electron chi connectivity index (χ3n) is 3.81. The van der Waals surface area contributed by atoms with Crippen LogP contribution in [-0.2, 0) is 9.53 Å². The Morgan fingerprint density at radius 1 is 1.28 bits per heavy atom. The van der Waals surface area contributed by atoms with Gasteiger partial charge in [0, 0.05) is 17.7 Å². The molecule has 0 spiro atoms. The summed E-state index contributed by atoms with van der Waals surface area (Å²) < 4.78 is 15.6. The highest BCUT2D eigenvalue weighted by molar-refractivity contribution is 6.09. The normalized spacial score (nSPS) is 11.0. The zero-order chi connectivity index (χ0) is 20.8. The molecule has 1 aromatic carbocycles. The number of rotatable bonds is 6. The van der Waals surface area contributed by atoms with E-state index in [4.69, 9.17) is 13.7 Å². The molecule has 0 fully saturated rings. The lowest BCUT2D eigenvalue weighted by Crippen LogP contribution is -2.13. The molecule has 0 aliphatic carbocycles. The van der Waals surface area contributed by atoms with E-state index in [9.17, 15) is 14.9 Å². The number of anilines is 1. The molecule has 8 heteroatoms. The first-order chi connectivity index (χ1) is 14.0. The number of benzene rings is 1. The molecule has 0 radical (unpaired) electrons. The Morgan fingerprint density at radius 2 is 2.10 bits per heavy atom. The molecule has 3 rings (SSSR count). The maximum atomic E-state index is 12.2. The van der Waals surface area contributed by atoms with Gasteiger partial charge in [0.15, 0.2) is 5.82 Å². The first-order valence-electron chi connectivity index (χ1n) is 8.74. The van der Waals surface area contributed by atoms with E-state index in [1.165, 1.54) is 12.1 Å². The van der Waals surface area contributed by atoms with Crippen LogP contribution >= 0.6 is 0 Å². The second-order valence-corrected chi connectivity index (χ2v) is 5.95. The molecule has 0 saturated carbocycles. The fraction of sp³-hybridized carbons (Fsp3) is 0.143. The Bertz CT molecular complexity index is 1120. The van der Waals surface area contributed by atoms with E-state index < -0.39 is 11.9 Å². The highest BCUT2D eigenvalue weighted by atomic mass is 16.5. The summed E-state index contributed by atoms with van der Waals surface area (Å²) in [5.74, 6) is 0.473. The Hall–Kier alpha value is -4.12. The van der Waals surface area contributed by atoms with E-state index in [1.807, 2.05) is 6.07 Å². The molecule has 1 amide bonds. The minimum absolute atomic E-state index is 0.160. The number of nitriles is 1. The Labute approximate surface area is 166 Å². The zero-order valence-electron chi connectivity index (χ0n) is 15.8. The number of aryl methyl sites for hydroxylation is 1. The lowest BCUT2D eigenvalue weighted by atomic mass is 10.1. The minimum Gasteiger partial charge on any atom is -0.462 e. The topological polar surface area (TPSA) is 118 Å². The quantitative estimate of drug-likeness (QED) is 0.384. The van der Waals surface area contributed by atoms with Crippen molar-refractivity contribution in [3.8, 4) is 17.4 Å². The lowest BCUT2D eigenvalue weighted by Gasteiger charge is -2.03. The Kier molecular flexibility index (Phi) is 5.90. The smallest absolute Gasteiger partial charge is 0.338 e. The molecule has 2 heterocycles. The molecule has 0 saturated heterocycles. The first kappa shape index (κ1) is 19.6. The van der Waals surface area contributed by atoms with Crippen LogP contribution in [0.25, 0.3) is 17.4 Å². The molecule has 0 aliphatic rings. The van der Waals surface area contributed by atoms with Crippen LogP contribution in [-0.4, -0.2) is 23.6 Å². The van der Waals surface area contributed by atoms with E-state index >= 15 is 0 Å². The van der Waals surface area contributed by atoms with Crippen LogP contribution in [0.5, 0.6) is 0 Å². The van der Waals surface area contributed by atoms with Crippen molar-refractivity contribution in [3.05, 3.63) is 65.1 Å². The third kappa shape index (κ3) is 4.78. The molecule has 0 unspecified atom stereocenters. The summed E-state index contributed by atoms with van der Waals surface area (Å²) in [6.07, 6.45) is 1.32. The summed E-state index contributed by atoms with van der Waals surface area (Å²) in [6.45, 7) is 3.70. The van der Waals surface area contributed by atoms with Gasteiger partial charge in [0.25, 0.3) is 5.91 Å². The van der Waals surface area contributed by atoms with Crippen molar-refractivity contribution in [2.24, 2.45) is 0 Å². The molecule has 8 nitrogen and oxygen atoms in total. The molecule has 0 bridgehead atoms. The maximum absolute atomic E-state index is 12.2. The van der Waals surface area contributed by atoms with Crippen LogP contribution in [0.2, 0.25) is 0 Å². The van der Waals surface area contributed by atoms with E-state index in [0.29, 0.717) is 28.4 Å². The second-order valence-electron chi connectivity index (χ2n) is 5.95. The number of aromatic nitrogens is 1. The fourth-order valence-corrected chi connectivity index (χ4v) is 2.50. The Morgan fingerprint density at radius 3 is 2.79 bits per heavy atom. The molecule has 0 atom stereocenters. The van der Waals surface area contributed by atoms with Crippen molar-refractivity contribution >= 4 is 23.8 Å². The van der Waals surface area contributed by atoms with Gasteiger partial charge in [0.05, 0.1) is 12.2 Å². The van der Waals surface area contributed by atoms with Crippen LogP contribution in [0.3, 0.4) is 0 Å². The largest absolute Gasteiger partial charge is 0.462 e. The summed E-state index contributed by atoms with van der Waals surface area (Å²) in [5, 5.41) is 15.4. The summed E-state index contributed by atoms with van der Waals surface area (Å²) in [7, 11) is 0. The summed E-state index contributed by atoms with van der Waals surface area (Å²) in [6, 6.07) is 13.5. The SMILES string of the molecule is CCOC(=O)c1cccc(-c2ccc(/C=C(/C#N)C(=O)Nc3cc(C)on3)o2)c1. The van der Waals surface area contributed by atoms with Gasteiger partial charge in [-0.15, -0.1) is 0 Å². The molecule has 29 heavy (non-hydrogen) atoms. The maximum Gasteiger partial charge on any atom is 0.338 e. The molecule has 146 valence electrons. The van der Waals surface area contributed by atoms with Crippen LogP contribution in [0, 0.1) is 18.3 Å². The number of hydrogen-bond donors (Lipinski definition) is 1. The van der Waals surface area contributed by atoms with Crippen molar-refractivity contribution in [1.29, 1.82) is 5.26 Å². The molecule has 0 aliphatic heterocycles. The van der Waals surface area contributed by atoms with E-state index in [-0.39, 0.29) is 18.0 Å². The molecule has 2 aromatic heterocycles. The average molecular weight is 391 g/mol.